The fourth-order valence-corrected chi connectivity index (χ4v) is 2.72. The van der Waals surface area contributed by atoms with Gasteiger partial charge in [-0.05, 0) is 26.5 Å². The van der Waals surface area contributed by atoms with Crippen LogP contribution in [-0.4, -0.2) is 43.5 Å². The number of carbonyl (C=O) groups is 1. The summed E-state index contributed by atoms with van der Waals surface area (Å²) in [6.07, 6.45) is 2.78. The Kier molecular flexibility index (Phi) is 7.25. The van der Waals surface area contributed by atoms with Crippen LogP contribution in [0.1, 0.15) is 29.9 Å². The summed E-state index contributed by atoms with van der Waals surface area (Å²) in [7, 11) is 2.12. The van der Waals surface area contributed by atoms with Crippen molar-refractivity contribution in [2.75, 3.05) is 37.7 Å². The van der Waals surface area contributed by atoms with Crippen molar-refractivity contribution < 1.29 is 4.79 Å². The molecule has 1 rings (SSSR count). The maximum Gasteiger partial charge on any atom is 0.263 e. The van der Waals surface area contributed by atoms with E-state index in [-0.39, 0.29) is 5.91 Å². The highest BCUT2D eigenvalue weighted by Gasteiger charge is 2.14. The van der Waals surface area contributed by atoms with Crippen molar-refractivity contribution in [3.8, 4) is 0 Å². The minimum Gasteiger partial charge on any atom is -0.397 e. The van der Waals surface area contributed by atoms with Gasteiger partial charge in [-0.3, -0.25) is 4.79 Å². The molecular weight excluding hydrogens is 284 g/mol. The Morgan fingerprint density at radius 1 is 1.62 bits per heavy atom. The molecule has 5 nitrogen and oxygen atoms in total. The van der Waals surface area contributed by atoms with E-state index in [1.807, 2.05) is 6.07 Å². The number of amides is 1. The second-order valence-electron chi connectivity index (χ2n) is 5.06. The van der Waals surface area contributed by atoms with Crippen LogP contribution in [0.25, 0.3) is 0 Å². The molecule has 1 aromatic heterocycles. The van der Waals surface area contributed by atoms with Crippen LogP contribution in [-0.2, 0) is 0 Å². The van der Waals surface area contributed by atoms with Crippen LogP contribution in [0.4, 0.5) is 10.7 Å². The monoisotopic (exact) mass is 310 g/mol. The van der Waals surface area contributed by atoms with Gasteiger partial charge in [0.1, 0.15) is 4.88 Å². The fourth-order valence-electron chi connectivity index (χ4n) is 1.80. The number of rotatable bonds is 9. The number of nitrogen functional groups attached to an aromatic ring is 1. The number of carbonyl (C=O) groups excluding carboxylic acids is 1. The van der Waals surface area contributed by atoms with Gasteiger partial charge in [0.05, 0.1) is 10.7 Å². The van der Waals surface area contributed by atoms with Gasteiger partial charge in [-0.1, -0.05) is 13.0 Å². The zero-order valence-corrected chi connectivity index (χ0v) is 13.9. The Bertz CT molecular complexity index is 472. The highest BCUT2D eigenvalue weighted by atomic mass is 32.1. The lowest BCUT2D eigenvalue weighted by molar-refractivity contribution is 0.0963. The van der Waals surface area contributed by atoms with Crippen LogP contribution in [0.3, 0.4) is 0 Å². The van der Waals surface area contributed by atoms with Crippen LogP contribution in [0, 0.1) is 0 Å². The summed E-state index contributed by atoms with van der Waals surface area (Å²) in [5.41, 5.74) is 6.40. The maximum absolute atomic E-state index is 11.9. The number of thiophene rings is 1. The molecule has 21 heavy (non-hydrogen) atoms. The summed E-state index contributed by atoms with van der Waals surface area (Å²) >= 11 is 1.38. The number of likely N-dealkylation sites (N-methyl/N-ethyl adjacent to an activating group) is 1. The van der Waals surface area contributed by atoms with Gasteiger partial charge in [0.25, 0.3) is 5.91 Å². The Balaban J connectivity index is 2.50. The van der Waals surface area contributed by atoms with Crippen molar-refractivity contribution in [2.24, 2.45) is 0 Å². The van der Waals surface area contributed by atoms with Gasteiger partial charge in [-0.15, -0.1) is 17.9 Å². The summed E-state index contributed by atoms with van der Waals surface area (Å²) in [5, 5.41) is 6.99. The van der Waals surface area contributed by atoms with E-state index in [4.69, 9.17) is 5.73 Å². The van der Waals surface area contributed by atoms with E-state index in [2.05, 4.69) is 43.0 Å². The van der Waals surface area contributed by atoms with Gasteiger partial charge in [-0.2, -0.15) is 0 Å². The topological polar surface area (TPSA) is 70.4 Å². The maximum atomic E-state index is 11.9. The molecule has 1 unspecified atom stereocenters. The largest absolute Gasteiger partial charge is 0.397 e. The van der Waals surface area contributed by atoms with E-state index in [0.29, 0.717) is 23.2 Å². The van der Waals surface area contributed by atoms with Gasteiger partial charge < -0.3 is 21.3 Å². The summed E-state index contributed by atoms with van der Waals surface area (Å²) in [5.74, 6) is -0.151. The third kappa shape index (κ3) is 5.40. The Morgan fingerprint density at radius 3 is 2.95 bits per heavy atom. The predicted octanol–water partition coefficient (Wildman–Crippen LogP) is 2.39. The molecule has 0 aliphatic rings. The van der Waals surface area contributed by atoms with Crippen LogP contribution >= 0.6 is 11.3 Å². The number of nitrogens with two attached hydrogens (primary N) is 1. The van der Waals surface area contributed by atoms with Crippen LogP contribution in [0.2, 0.25) is 0 Å². The molecule has 1 atom stereocenters. The zero-order valence-electron chi connectivity index (χ0n) is 13.1. The molecule has 0 saturated carbocycles. The molecule has 0 aliphatic heterocycles. The summed E-state index contributed by atoms with van der Waals surface area (Å²) in [6, 6.07) is 2.39. The van der Waals surface area contributed by atoms with Gasteiger partial charge in [0, 0.05) is 25.7 Å². The Hall–Kier alpha value is -1.53. The molecular formula is C15H26N4OS. The van der Waals surface area contributed by atoms with E-state index in [1.54, 1.807) is 6.08 Å². The average Bonchev–Trinajstić information content (AvgIpc) is 2.84. The molecule has 1 heterocycles. The molecule has 0 saturated heterocycles. The van der Waals surface area contributed by atoms with Gasteiger partial charge in [0.2, 0.25) is 0 Å². The van der Waals surface area contributed by atoms with Crippen LogP contribution < -0.4 is 16.4 Å². The first kappa shape index (κ1) is 17.5. The second-order valence-corrected chi connectivity index (χ2v) is 6.11. The molecule has 118 valence electrons. The molecule has 0 aliphatic carbocycles. The van der Waals surface area contributed by atoms with Crippen molar-refractivity contribution >= 4 is 27.9 Å². The van der Waals surface area contributed by atoms with E-state index < -0.39 is 0 Å². The lowest BCUT2D eigenvalue weighted by Crippen LogP contribution is -2.32. The SMILES string of the molecule is C=CCNC(=O)c1sc(NCCN(C)C(C)CC)cc1N. The van der Waals surface area contributed by atoms with Gasteiger partial charge in [-0.25, -0.2) is 0 Å². The van der Waals surface area contributed by atoms with E-state index in [1.165, 1.54) is 11.3 Å². The summed E-state index contributed by atoms with van der Waals surface area (Å²) < 4.78 is 0. The Morgan fingerprint density at radius 2 is 2.33 bits per heavy atom. The molecule has 0 bridgehead atoms. The number of hydrogen-bond donors (Lipinski definition) is 3. The smallest absolute Gasteiger partial charge is 0.263 e. The number of nitrogens with one attached hydrogen (secondary N) is 2. The third-order valence-corrected chi connectivity index (χ3v) is 4.59. The lowest BCUT2D eigenvalue weighted by atomic mass is 10.2. The fraction of sp³-hybridized carbons (Fsp3) is 0.533. The number of hydrogen-bond acceptors (Lipinski definition) is 5. The van der Waals surface area contributed by atoms with Crippen molar-refractivity contribution in [1.82, 2.24) is 10.2 Å². The number of anilines is 2. The minimum absolute atomic E-state index is 0.151. The van der Waals surface area contributed by atoms with Crippen molar-refractivity contribution in [3.05, 3.63) is 23.6 Å². The molecule has 0 spiro atoms. The molecule has 1 aromatic rings. The average molecular weight is 310 g/mol. The van der Waals surface area contributed by atoms with E-state index in [9.17, 15) is 4.79 Å². The molecule has 1 amide bonds. The standard InChI is InChI=1S/C15H26N4OS/c1-5-7-18-15(20)14-12(16)10-13(21-14)17-8-9-19(4)11(3)6-2/h5,10-11,17H,1,6-9,16H2,2-4H3,(H,18,20). The summed E-state index contributed by atoms with van der Waals surface area (Å²) in [4.78, 5) is 14.7. The third-order valence-electron chi connectivity index (χ3n) is 3.48. The van der Waals surface area contributed by atoms with Gasteiger partial charge >= 0.3 is 0 Å². The van der Waals surface area contributed by atoms with Crippen LogP contribution in [0.15, 0.2) is 18.7 Å². The van der Waals surface area contributed by atoms with Gasteiger partial charge in [0.15, 0.2) is 0 Å². The predicted molar refractivity (Wildman–Crippen MR) is 92.1 cm³/mol. The zero-order chi connectivity index (χ0) is 15.8. The lowest BCUT2D eigenvalue weighted by Gasteiger charge is -2.23. The second kappa shape index (κ2) is 8.69. The highest BCUT2D eigenvalue weighted by molar-refractivity contribution is 7.18. The van der Waals surface area contributed by atoms with E-state index >= 15 is 0 Å². The van der Waals surface area contributed by atoms with E-state index in [0.717, 1.165) is 24.5 Å². The number of nitrogens with zero attached hydrogens (tertiary/aromatic N) is 1. The van der Waals surface area contributed by atoms with Crippen LogP contribution in [0.5, 0.6) is 0 Å². The first-order valence-corrected chi connectivity index (χ1v) is 8.03. The summed E-state index contributed by atoms with van der Waals surface area (Å²) in [6.45, 7) is 10.2. The molecule has 0 fully saturated rings. The minimum atomic E-state index is -0.151. The first-order valence-electron chi connectivity index (χ1n) is 7.22. The molecule has 6 heteroatoms. The van der Waals surface area contributed by atoms with Crippen molar-refractivity contribution in [3.63, 3.8) is 0 Å². The Labute approximate surface area is 131 Å². The van der Waals surface area contributed by atoms with Crippen molar-refractivity contribution in [1.29, 1.82) is 0 Å². The molecule has 4 N–H and O–H groups in total. The normalized spacial score (nSPS) is 12.2. The first-order chi connectivity index (χ1) is 9.99. The molecule has 0 aromatic carbocycles. The molecule has 0 radical (unpaired) electrons. The highest BCUT2D eigenvalue weighted by Crippen LogP contribution is 2.28. The quantitative estimate of drug-likeness (QED) is 0.613. The van der Waals surface area contributed by atoms with Crippen molar-refractivity contribution in [2.45, 2.75) is 26.3 Å².